The van der Waals surface area contributed by atoms with E-state index in [0.717, 1.165) is 12.0 Å². The molecule has 0 bridgehead atoms. The van der Waals surface area contributed by atoms with Crippen LogP contribution in [0.1, 0.15) is 31.4 Å². The highest BCUT2D eigenvalue weighted by molar-refractivity contribution is 7.89. The lowest BCUT2D eigenvalue weighted by Gasteiger charge is -2.33. The number of anilines is 1. The van der Waals surface area contributed by atoms with Crippen LogP contribution in [0, 0.1) is 5.92 Å². The van der Waals surface area contributed by atoms with Gasteiger partial charge in [0.1, 0.15) is 0 Å². The van der Waals surface area contributed by atoms with Gasteiger partial charge in [0.25, 0.3) is 0 Å². The molecule has 7 heteroatoms. The third-order valence-corrected chi connectivity index (χ3v) is 6.46. The number of carbonyl (C=O) groups excluding carboxylic acids is 1. The molecule has 0 saturated heterocycles. The Hall–Kier alpha value is -2.22. The van der Waals surface area contributed by atoms with Crippen LogP contribution in [0.2, 0.25) is 0 Å². The maximum atomic E-state index is 12.6. The van der Waals surface area contributed by atoms with Crippen LogP contribution in [-0.2, 0) is 27.7 Å². The van der Waals surface area contributed by atoms with Crippen LogP contribution in [0.5, 0.6) is 0 Å². The van der Waals surface area contributed by atoms with Crippen LogP contribution < -0.4 is 10.0 Å². The first-order valence-electron chi connectivity index (χ1n) is 9.38. The van der Waals surface area contributed by atoms with Gasteiger partial charge in [0.05, 0.1) is 10.5 Å². The molecule has 1 aliphatic rings. The topological polar surface area (TPSA) is 95.5 Å². The van der Waals surface area contributed by atoms with Crippen LogP contribution >= 0.6 is 0 Å². The van der Waals surface area contributed by atoms with Crippen LogP contribution in [0.15, 0.2) is 53.4 Å². The summed E-state index contributed by atoms with van der Waals surface area (Å²) in [6, 6.07) is 13.9. The summed E-state index contributed by atoms with van der Waals surface area (Å²) < 4.78 is 27.7. The van der Waals surface area contributed by atoms with E-state index in [2.05, 4.69) is 10.0 Å². The molecule has 0 saturated carbocycles. The first kappa shape index (κ1) is 20.5. The molecular weight excluding hydrogens is 376 g/mol. The van der Waals surface area contributed by atoms with Crippen molar-refractivity contribution in [2.24, 2.45) is 5.92 Å². The second-order valence-corrected chi connectivity index (χ2v) is 9.43. The summed E-state index contributed by atoms with van der Waals surface area (Å²) in [5.74, 6) is -0.292. The lowest BCUT2D eigenvalue weighted by molar-refractivity contribution is -0.118. The standard InChI is InChI=1S/C21H26N2O4S/c1-15(2)20(24)23-18-7-9-19(10-8-18)28(26,27)22-14-21(25)12-11-16-5-3-4-6-17(16)13-21/h3-10,15,22,25H,11-14H2,1-2H3,(H,23,24)/t21-/m1/s1. The first-order chi connectivity index (χ1) is 13.2. The highest BCUT2D eigenvalue weighted by Crippen LogP contribution is 2.28. The van der Waals surface area contributed by atoms with Crippen molar-refractivity contribution in [2.45, 2.75) is 43.6 Å². The number of hydrogen-bond donors (Lipinski definition) is 3. The minimum absolute atomic E-state index is 0.0461. The van der Waals surface area contributed by atoms with Crippen molar-refractivity contribution in [1.29, 1.82) is 0 Å². The van der Waals surface area contributed by atoms with E-state index in [-0.39, 0.29) is 23.3 Å². The van der Waals surface area contributed by atoms with Crippen LogP contribution in [0.25, 0.3) is 0 Å². The third-order valence-electron chi connectivity index (χ3n) is 5.05. The largest absolute Gasteiger partial charge is 0.388 e. The normalized spacial score (nSPS) is 19.3. The van der Waals surface area contributed by atoms with Gasteiger partial charge in [-0.25, -0.2) is 13.1 Å². The van der Waals surface area contributed by atoms with Crippen molar-refractivity contribution in [3.8, 4) is 0 Å². The summed E-state index contributed by atoms with van der Waals surface area (Å²) in [7, 11) is -3.76. The summed E-state index contributed by atoms with van der Waals surface area (Å²) in [5, 5.41) is 13.6. The van der Waals surface area contributed by atoms with E-state index < -0.39 is 15.6 Å². The molecule has 2 aromatic carbocycles. The maximum Gasteiger partial charge on any atom is 0.240 e. The van der Waals surface area contributed by atoms with Gasteiger partial charge in [-0.15, -0.1) is 0 Å². The van der Waals surface area contributed by atoms with Gasteiger partial charge < -0.3 is 10.4 Å². The van der Waals surface area contributed by atoms with Gasteiger partial charge in [-0.05, 0) is 48.2 Å². The smallest absolute Gasteiger partial charge is 0.240 e. The summed E-state index contributed by atoms with van der Waals surface area (Å²) in [5.41, 5.74) is 1.70. The number of benzene rings is 2. The molecule has 1 atom stereocenters. The van der Waals surface area contributed by atoms with E-state index >= 15 is 0 Å². The molecule has 0 aliphatic heterocycles. The number of nitrogens with one attached hydrogen (secondary N) is 2. The lowest BCUT2D eigenvalue weighted by atomic mass is 9.80. The zero-order valence-corrected chi connectivity index (χ0v) is 16.9. The molecule has 0 aromatic heterocycles. The molecule has 150 valence electrons. The molecule has 2 aromatic rings. The average molecular weight is 403 g/mol. The van der Waals surface area contributed by atoms with Crippen molar-refractivity contribution in [3.63, 3.8) is 0 Å². The molecule has 28 heavy (non-hydrogen) atoms. The first-order valence-corrected chi connectivity index (χ1v) is 10.9. The number of rotatable bonds is 6. The molecule has 0 spiro atoms. The summed E-state index contributed by atoms with van der Waals surface area (Å²) >= 11 is 0. The van der Waals surface area contributed by atoms with Gasteiger partial charge in [0.15, 0.2) is 0 Å². The number of aryl methyl sites for hydroxylation is 1. The lowest BCUT2D eigenvalue weighted by Crippen LogP contribution is -2.46. The van der Waals surface area contributed by atoms with Crippen molar-refractivity contribution >= 4 is 21.6 Å². The summed E-state index contributed by atoms with van der Waals surface area (Å²) in [6.07, 6.45) is 1.65. The van der Waals surface area contributed by atoms with Crippen LogP contribution in [0.3, 0.4) is 0 Å². The fourth-order valence-electron chi connectivity index (χ4n) is 3.25. The molecule has 3 N–H and O–H groups in total. The van der Waals surface area contributed by atoms with E-state index in [4.69, 9.17) is 0 Å². The zero-order valence-electron chi connectivity index (χ0n) is 16.1. The molecule has 0 fully saturated rings. The molecule has 6 nitrogen and oxygen atoms in total. The Balaban J connectivity index is 1.65. The number of amides is 1. The highest BCUT2D eigenvalue weighted by atomic mass is 32.2. The van der Waals surface area contributed by atoms with Gasteiger partial charge in [-0.2, -0.15) is 0 Å². The second-order valence-electron chi connectivity index (χ2n) is 7.66. The van der Waals surface area contributed by atoms with E-state index in [1.807, 2.05) is 24.3 Å². The van der Waals surface area contributed by atoms with Crippen molar-refractivity contribution in [1.82, 2.24) is 4.72 Å². The summed E-state index contributed by atoms with van der Waals surface area (Å²) in [6.45, 7) is 3.52. The Bertz CT molecular complexity index is 955. The molecule has 0 radical (unpaired) electrons. The van der Waals surface area contributed by atoms with Gasteiger partial charge in [-0.1, -0.05) is 38.1 Å². The van der Waals surface area contributed by atoms with Gasteiger partial charge in [0.2, 0.25) is 15.9 Å². The Morgan fingerprint density at radius 2 is 1.75 bits per heavy atom. The predicted molar refractivity (Wildman–Crippen MR) is 109 cm³/mol. The van der Waals surface area contributed by atoms with Crippen molar-refractivity contribution < 1.29 is 18.3 Å². The molecule has 0 heterocycles. The molecule has 1 amide bonds. The van der Waals surface area contributed by atoms with Crippen molar-refractivity contribution in [3.05, 3.63) is 59.7 Å². The van der Waals surface area contributed by atoms with Crippen LogP contribution in [-0.4, -0.2) is 31.6 Å². The number of fused-ring (bicyclic) bond motifs is 1. The Morgan fingerprint density at radius 1 is 1.11 bits per heavy atom. The third kappa shape index (κ3) is 4.79. The predicted octanol–water partition coefficient (Wildman–Crippen LogP) is 2.48. The van der Waals surface area contributed by atoms with E-state index in [1.165, 1.54) is 17.7 Å². The summed E-state index contributed by atoms with van der Waals surface area (Å²) in [4.78, 5) is 11.8. The number of sulfonamides is 1. The molecule has 3 rings (SSSR count). The average Bonchev–Trinajstić information content (AvgIpc) is 2.67. The molecule has 1 aliphatic carbocycles. The highest BCUT2D eigenvalue weighted by Gasteiger charge is 2.33. The Labute approximate surface area is 166 Å². The molecular formula is C21H26N2O4S. The number of carbonyl (C=O) groups is 1. The van der Waals surface area contributed by atoms with E-state index in [9.17, 15) is 18.3 Å². The Morgan fingerprint density at radius 3 is 2.39 bits per heavy atom. The quantitative estimate of drug-likeness (QED) is 0.692. The van der Waals surface area contributed by atoms with E-state index in [1.54, 1.807) is 26.0 Å². The van der Waals surface area contributed by atoms with Gasteiger partial charge in [-0.3, -0.25) is 4.79 Å². The van der Waals surface area contributed by atoms with E-state index in [0.29, 0.717) is 18.5 Å². The van der Waals surface area contributed by atoms with Crippen molar-refractivity contribution in [2.75, 3.05) is 11.9 Å². The minimum Gasteiger partial charge on any atom is -0.388 e. The Kier molecular flexibility index (Phi) is 5.88. The minimum atomic E-state index is -3.76. The number of aliphatic hydroxyl groups is 1. The fourth-order valence-corrected chi connectivity index (χ4v) is 4.37. The molecule has 0 unspecified atom stereocenters. The SMILES string of the molecule is CC(C)C(=O)Nc1ccc(S(=O)(=O)NC[C@@]2(O)CCc3ccccc3C2)cc1. The van der Waals surface area contributed by atoms with Crippen LogP contribution in [0.4, 0.5) is 5.69 Å². The second kappa shape index (κ2) is 8.03. The fraction of sp³-hybridized carbons (Fsp3) is 0.381. The zero-order chi connectivity index (χ0) is 20.4. The van der Waals surface area contributed by atoms with Gasteiger partial charge in [0, 0.05) is 24.6 Å². The monoisotopic (exact) mass is 402 g/mol. The maximum absolute atomic E-state index is 12.6. The van der Waals surface area contributed by atoms with Gasteiger partial charge >= 0.3 is 0 Å². The number of hydrogen-bond acceptors (Lipinski definition) is 4.